The highest BCUT2D eigenvalue weighted by Gasteiger charge is 2.18. The van der Waals surface area contributed by atoms with Gasteiger partial charge in [-0.2, -0.15) is 0 Å². The number of hydrogen-bond acceptors (Lipinski definition) is 7. The molecule has 0 aliphatic carbocycles. The van der Waals surface area contributed by atoms with Crippen molar-refractivity contribution in [1.82, 2.24) is 4.98 Å². The lowest BCUT2D eigenvalue weighted by atomic mass is 10.2. The van der Waals surface area contributed by atoms with Gasteiger partial charge in [0.05, 0.1) is 17.0 Å². The quantitative estimate of drug-likeness (QED) is 0.532. The van der Waals surface area contributed by atoms with Crippen LogP contribution >= 0.6 is 11.3 Å². The zero-order valence-electron chi connectivity index (χ0n) is 12.8. The Morgan fingerprint density at radius 1 is 1.29 bits per heavy atom. The smallest absolute Gasteiger partial charge is 0.317 e. The molecule has 0 saturated heterocycles. The normalized spacial score (nSPS) is 12.4. The number of carbonyl (C=O) groups is 1. The summed E-state index contributed by atoms with van der Waals surface area (Å²) >= 11 is 1.53. The number of benzene rings is 1. The SMILES string of the molecule is Cc1oc(-c2cccs2)nc1CC(=O)Oc1ccc2c(c1)OCO2. The molecule has 0 unspecified atom stereocenters. The van der Waals surface area contributed by atoms with Gasteiger partial charge in [-0.3, -0.25) is 4.79 Å². The first kappa shape index (κ1) is 14.8. The molecule has 4 rings (SSSR count). The Bertz CT molecular complexity index is 885. The van der Waals surface area contributed by atoms with Crippen LogP contribution < -0.4 is 14.2 Å². The number of aryl methyl sites for hydroxylation is 1. The van der Waals surface area contributed by atoms with Crippen molar-refractivity contribution in [3.63, 3.8) is 0 Å². The van der Waals surface area contributed by atoms with E-state index in [-0.39, 0.29) is 13.2 Å². The van der Waals surface area contributed by atoms with Gasteiger partial charge in [0.1, 0.15) is 11.5 Å². The summed E-state index contributed by atoms with van der Waals surface area (Å²) in [5, 5.41) is 1.95. The molecule has 0 bridgehead atoms. The fourth-order valence-electron chi connectivity index (χ4n) is 2.34. The number of hydrogen-bond donors (Lipinski definition) is 0. The Hall–Kier alpha value is -2.80. The van der Waals surface area contributed by atoms with Crippen molar-refractivity contribution in [2.45, 2.75) is 13.3 Å². The van der Waals surface area contributed by atoms with Gasteiger partial charge in [-0.1, -0.05) is 6.07 Å². The molecule has 1 aliphatic heterocycles. The first-order valence-electron chi connectivity index (χ1n) is 7.29. The van der Waals surface area contributed by atoms with Gasteiger partial charge in [-0.15, -0.1) is 11.3 Å². The summed E-state index contributed by atoms with van der Waals surface area (Å²) in [7, 11) is 0. The third-order valence-electron chi connectivity index (χ3n) is 3.51. The fourth-order valence-corrected chi connectivity index (χ4v) is 2.99. The highest BCUT2D eigenvalue weighted by atomic mass is 32.1. The largest absolute Gasteiger partial charge is 0.454 e. The number of oxazole rings is 1. The first-order valence-corrected chi connectivity index (χ1v) is 8.17. The maximum absolute atomic E-state index is 12.2. The molecular weight excluding hydrogens is 330 g/mol. The molecule has 1 aromatic carbocycles. The lowest BCUT2D eigenvalue weighted by Gasteiger charge is -2.04. The molecule has 0 amide bonds. The zero-order valence-corrected chi connectivity index (χ0v) is 13.6. The van der Waals surface area contributed by atoms with Crippen molar-refractivity contribution in [2.24, 2.45) is 0 Å². The summed E-state index contributed by atoms with van der Waals surface area (Å²) < 4.78 is 21.5. The minimum atomic E-state index is -0.414. The second-order valence-electron chi connectivity index (χ2n) is 5.17. The summed E-state index contributed by atoms with van der Waals surface area (Å²) in [6.45, 7) is 1.96. The van der Waals surface area contributed by atoms with Crippen LogP contribution in [0.3, 0.4) is 0 Å². The predicted molar refractivity (Wildman–Crippen MR) is 86.5 cm³/mol. The molecule has 1 aliphatic rings. The molecule has 0 spiro atoms. The third kappa shape index (κ3) is 2.85. The zero-order chi connectivity index (χ0) is 16.5. The van der Waals surface area contributed by atoms with Crippen molar-refractivity contribution in [3.8, 4) is 28.0 Å². The van der Waals surface area contributed by atoms with E-state index in [0.29, 0.717) is 34.6 Å². The van der Waals surface area contributed by atoms with Crippen molar-refractivity contribution in [2.75, 3.05) is 6.79 Å². The predicted octanol–water partition coefficient (Wildman–Crippen LogP) is 3.59. The molecule has 122 valence electrons. The number of nitrogens with zero attached hydrogens (tertiary/aromatic N) is 1. The molecule has 0 N–H and O–H groups in total. The van der Waals surface area contributed by atoms with E-state index in [4.69, 9.17) is 18.6 Å². The van der Waals surface area contributed by atoms with Gasteiger partial charge in [0.2, 0.25) is 12.7 Å². The molecule has 7 heteroatoms. The van der Waals surface area contributed by atoms with Crippen LogP contribution in [-0.4, -0.2) is 17.7 Å². The molecule has 3 heterocycles. The lowest BCUT2D eigenvalue weighted by molar-refractivity contribution is -0.133. The van der Waals surface area contributed by atoms with Crippen LogP contribution in [0.5, 0.6) is 17.2 Å². The average molecular weight is 343 g/mol. The Morgan fingerprint density at radius 3 is 3.00 bits per heavy atom. The highest BCUT2D eigenvalue weighted by Crippen LogP contribution is 2.35. The van der Waals surface area contributed by atoms with Crippen molar-refractivity contribution < 1.29 is 23.4 Å². The van der Waals surface area contributed by atoms with E-state index < -0.39 is 5.97 Å². The van der Waals surface area contributed by atoms with Crippen molar-refractivity contribution in [1.29, 1.82) is 0 Å². The fraction of sp³-hybridized carbons (Fsp3) is 0.176. The van der Waals surface area contributed by atoms with Crippen LogP contribution in [0.15, 0.2) is 40.1 Å². The number of aromatic nitrogens is 1. The molecular formula is C17H13NO5S. The van der Waals surface area contributed by atoms with Crippen LogP contribution in [-0.2, 0) is 11.2 Å². The number of carbonyl (C=O) groups excluding carboxylic acids is 1. The van der Waals surface area contributed by atoms with Gasteiger partial charge in [0, 0.05) is 6.07 Å². The Balaban J connectivity index is 1.46. The molecule has 0 atom stereocenters. The van der Waals surface area contributed by atoms with E-state index in [1.807, 2.05) is 17.5 Å². The van der Waals surface area contributed by atoms with E-state index in [0.717, 1.165) is 4.88 Å². The monoisotopic (exact) mass is 343 g/mol. The van der Waals surface area contributed by atoms with Gasteiger partial charge in [0.15, 0.2) is 11.5 Å². The summed E-state index contributed by atoms with van der Waals surface area (Å²) in [6.07, 6.45) is 0.0369. The number of ether oxygens (including phenoxy) is 3. The molecule has 2 aromatic heterocycles. The second-order valence-corrected chi connectivity index (χ2v) is 6.11. The molecule has 6 nitrogen and oxygen atoms in total. The van der Waals surface area contributed by atoms with E-state index in [1.165, 1.54) is 11.3 Å². The first-order chi connectivity index (χ1) is 11.7. The molecule has 0 fully saturated rings. The standard InChI is InChI=1S/C17H13NO5S/c1-10-12(18-17(22-10)15-3-2-6-24-15)8-16(19)23-11-4-5-13-14(7-11)21-9-20-13/h2-7H,8-9H2,1H3. The van der Waals surface area contributed by atoms with Crippen LogP contribution in [0.2, 0.25) is 0 Å². The Kier molecular flexibility index (Phi) is 3.70. The second kappa shape index (κ2) is 6.01. The van der Waals surface area contributed by atoms with Gasteiger partial charge < -0.3 is 18.6 Å². The maximum Gasteiger partial charge on any atom is 0.317 e. The summed E-state index contributed by atoms with van der Waals surface area (Å²) in [5.74, 6) is 2.34. The van der Waals surface area contributed by atoms with Crippen molar-refractivity contribution in [3.05, 3.63) is 47.2 Å². The number of rotatable bonds is 4. The number of esters is 1. The van der Waals surface area contributed by atoms with Gasteiger partial charge >= 0.3 is 5.97 Å². The minimum absolute atomic E-state index is 0.0369. The van der Waals surface area contributed by atoms with Crippen LogP contribution in [0.25, 0.3) is 10.8 Å². The Morgan fingerprint density at radius 2 is 2.17 bits per heavy atom. The molecule has 0 saturated carbocycles. The van der Waals surface area contributed by atoms with Gasteiger partial charge in [-0.05, 0) is 30.5 Å². The average Bonchev–Trinajstić information content (AvgIpc) is 3.28. The molecule has 24 heavy (non-hydrogen) atoms. The van der Waals surface area contributed by atoms with Crippen molar-refractivity contribution >= 4 is 17.3 Å². The topological polar surface area (TPSA) is 70.8 Å². The minimum Gasteiger partial charge on any atom is -0.454 e. The van der Waals surface area contributed by atoms with Crippen LogP contribution in [0.4, 0.5) is 0 Å². The highest BCUT2D eigenvalue weighted by molar-refractivity contribution is 7.13. The van der Waals surface area contributed by atoms with Gasteiger partial charge in [0.25, 0.3) is 0 Å². The molecule has 3 aromatic rings. The van der Waals surface area contributed by atoms with Crippen LogP contribution in [0, 0.1) is 6.92 Å². The van der Waals surface area contributed by atoms with E-state index in [1.54, 1.807) is 25.1 Å². The van der Waals surface area contributed by atoms with E-state index in [9.17, 15) is 4.79 Å². The number of fused-ring (bicyclic) bond motifs is 1. The molecule has 0 radical (unpaired) electrons. The Labute approximate surface area is 141 Å². The summed E-state index contributed by atoms with van der Waals surface area (Å²) in [4.78, 5) is 17.5. The summed E-state index contributed by atoms with van der Waals surface area (Å²) in [5.41, 5.74) is 0.573. The van der Waals surface area contributed by atoms with E-state index >= 15 is 0 Å². The van der Waals surface area contributed by atoms with Crippen LogP contribution in [0.1, 0.15) is 11.5 Å². The summed E-state index contributed by atoms with van der Waals surface area (Å²) in [6, 6.07) is 8.85. The third-order valence-corrected chi connectivity index (χ3v) is 4.37. The van der Waals surface area contributed by atoms with E-state index in [2.05, 4.69) is 4.98 Å². The number of thiophene rings is 1. The van der Waals surface area contributed by atoms with Gasteiger partial charge in [-0.25, -0.2) is 4.98 Å². The maximum atomic E-state index is 12.2. The lowest BCUT2D eigenvalue weighted by Crippen LogP contribution is -2.12.